The first-order valence-electron chi connectivity index (χ1n) is 8.82. The van der Waals surface area contributed by atoms with Gasteiger partial charge in [-0.25, -0.2) is 9.59 Å². The predicted molar refractivity (Wildman–Crippen MR) is 98.0 cm³/mol. The van der Waals surface area contributed by atoms with Crippen molar-refractivity contribution < 1.29 is 14.3 Å². The normalized spacial score (nSPS) is 20.7. The fourth-order valence-electron chi connectivity index (χ4n) is 3.84. The number of hydrogen-bond acceptors (Lipinski definition) is 7. The Hall–Kier alpha value is -2.75. The average Bonchev–Trinajstić information content (AvgIpc) is 3.11. The molecule has 2 aromatic rings. The average molecular weight is 389 g/mol. The third-order valence-corrected chi connectivity index (χ3v) is 5.59. The predicted octanol–water partition coefficient (Wildman–Crippen LogP) is 1.53. The van der Waals surface area contributed by atoms with Crippen molar-refractivity contribution in [3.05, 3.63) is 39.9 Å². The lowest BCUT2D eigenvalue weighted by Gasteiger charge is -2.42. The molecule has 2 aliphatic heterocycles. The highest BCUT2D eigenvalue weighted by Crippen LogP contribution is 2.35. The van der Waals surface area contributed by atoms with Gasteiger partial charge in [0.15, 0.2) is 5.00 Å². The molecule has 2 aromatic heterocycles. The van der Waals surface area contributed by atoms with Gasteiger partial charge in [0.25, 0.3) is 5.56 Å². The van der Waals surface area contributed by atoms with Gasteiger partial charge in [-0.05, 0) is 25.3 Å². The van der Waals surface area contributed by atoms with Crippen LogP contribution in [-0.2, 0) is 11.3 Å². The third-order valence-electron chi connectivity index (χ3n) is 4.94. The summed E-state index contributed by atoms with van der Waals surface area (Å²) in [7, 11) is 0. The number of nitrogens with one attached hydrogen (secondary N) is 1. The molecule has 1 N–H and O–H groups in total. The Morgan fingerprint density at radius 3 is 3.00 bits per heavy atom. The van der Waals surface area contributed by atoms with Gasteiger partial charge in [-0.1, -0.05) is 10.6 Å². The monoisotopic (exact) mass is 389 g/mol. The third kappa shape index (κ3) is 3.32. The molecule has 2 amide bonds. The van der Waals surface area contributed by atoms with E-state index >= 15 is 0 Å². The van der Waals surface area contributed by atoms with Crippen molar-refractivity contribution in [2.75, 3.05) is 25.0 Å². The molecule has 1 fully saturated rings. The van der Waals surface area contributed by atoms with E-state index in [1.165, 1.54) is 0 Å². The Labute approximate surface area is 159 Å². The van der Waals surface area contributed by atoms with Gasteiger partial charge < -0.3 is 14.2 Å². The molecule has 4 heterocycles. The summed E-state index contributed by atoms with van der Waals surface area (Å²) in [6.45, 7) is 3.62. The number of urea groups is 1. The maximum atomic E-state index is 12.8. The van der Waals surface area contributed by atoms with Crippen LogP contribution in [0.3, 0.4) is 0 Å². The van der Waals surface area contributed by atoms with Crippen molar-refractivity contribution in [3.63, 3.8) is 0 Å². The van der Waals surface area contributed by atoms with E-state index in [1.807, 2.05) is 10.6 Å². The minimum absolute atomic E-state index is 0.00918. The zero-order valence-electron chi connectivity index (χ0n) is 14.8. The van der Waals surface area contributed by atoms with Crippen LogP contribution in [0.1, 0.15) is 35.4 Å². The van der Waals surface area contributed by atoms with Gasteiger partial charge >= 0.3 is 12.0 Å². The molecule has 0 spiro atoms. The number of anilines is 1. The Balaban J connectivity index is 1.50. The Bertz CT molecular complexity index is 939. The molecule has 2 aliphatic rings. The molecule has 0 radical (unpaired) electrons. The number of amides is 2. The molecule has 0 saturated carbocycles. The molecular formula is C17H19N5O4S. The van der Waals surface area contributed by atoms with Crippen molar-refractivity contribution in [1.29, 1.82) is 0 Å². The van der Waals surface area contributed by atoms with Gasteiger partial charge in [-0.15, -0.1) is 5.10 Å². The van der Waals surface area contributed by atoms with Crippen molar-refractivity contribution in [1.82, 2.24) is 19.1 Å². The van der Waals surface area contributed by atoms with Crippen LogP contribution in [0.25, 0.3) is 0 Å². The molecule has 142 valence electrons. The van der Waals surface area contributed by atoms with Crippen LogP contribution in [0.2, 0.25) is 0 Å². The summed E-state index contributed by atoms with van der Waals surface area (Å²) in [5.74, 6) is -0.252. The van der Waals surface area contributed by atoms with Gasteiger partial charge in [0.2, 0.25) is 5.69 Å². The smallest absolute Gasteiger partial charge is 0.362 e. The first-order chi connectivity index (χ1) is 13.1. The topological polar surface area (TPSA) is 106 Å². The lowest BCUT2D eigenvalue weighted by Crippen LogP contribution is -2.50. The quantitative estimate of drug-likeness (QED) is 0.798. The number of carbonyl (C=O) groups excluding carboxylic acids is 2. The highest BCUT2D eigenvalue weighted by molar-refractivity contribution is 7.10. The molecule has 4 rings (SSSR count). The van der Waals surface area contributed by atoms with Gasteiger partial charge in [0, 0.05) is 48.8 Å². The van der Waals surface area contributed by atoms with E-state index < -0.39 is 5.97 Å². The van der Waals surface area contributed by atoms with Crippen molar-refractivity contribution in [2.45, 2.75) is 25.8 Å². The number of rotatable bonds is 3. The number of ether oxygens (including phenoxy) is 1. The second-order valence-corrected chi connectivity index (χ2v) is 7.46. The Morgan fingerprint density at radius 2 is 2.19 bits per heavy atom. The summed E-state index contributed by atoms with van der Waals surface area (Å²) in [5, 5.41) is 6.77. The summed E-state index contributed by atoms with van der Waals surface area (Å²) < 4.78 is 10.5. The van der Waals surface area contributed by atoms with Crippen LogP contribution in [0.5, 0.6) is 0 Å². The Kier molecular flexibility index (Phi) is 4.65. The maximum absolute atomic E-state index is 12.8. The summed E-state index contributed by atoms with van der Waals surface area (Å²) >= 11 is 0.942. The zero-order valence-corrected chi connectivity index (χ0v) is 15.6. The number of aromatic nitrogens is 3. The van der Waals surface area contributed by atoms with E-state index in [9.17, 15) is 14.4 Å². The number of carbonyl (C=O) groups is 2. The zero-order chi connectivity index (χ0) is 19.0. The van der Waals surface area contributed by atoms with Gasteiger partial charge in [0.1, 0.15) is 0 Å². The lowest BCUT2D eigenvalue weighted by atomic mass is 9.83. The first-order valence-corrected chi connectivity index (χ1v) is 9.59. The number of hydrogen-bond donors (Lipinski definition) is 1. The minimum atomic E-state index is -0.606. The van der Waals surface area contributed by atoms with Crippen LogP contribution in [0, 0.1) is 5.92 Å². The van der Waals surface area contributed by atoms with Crippen molar-refractivity contribution >= 4 is 28.5 Å². The van der Waals surface area contributed by atoms with E-state index in [4.69, 9.17) is 4.74 Å². The second-order valence-electron chi connectivity index (χ2n) is 6.70. The van der Waals surface area contributed by atoms with Gasteiger partial charge in [-0.2, -0.15) is 0 Å². The molecule has 2 bridgehead atoms. The van der Waals surface area contributed by atoms with Crippen LogP contribution < -0.4 is 10.9 Å². The highest BCUT2D eigenvalue weighted by Gasteiger charge is 2.36. The summed E-state index contributed by atoms with van der Waals surface area (Å²) in [5.41, 5.74) is 1.00. The first kappa shape index (κ1) is 17.7. The maximum Gasteiger partial charge on any atom is 0.362 e. The number of nitrogens with zero attached hydrogens (tertiary/aromatic N) is 4. The molecular weight excluding hydrogens is 370 g/mol. The van der Waals surface area contributed by atoms with Crippen molar-refractivity contribution in [3.8, 4) is 0 Å². The minimum Gasteiger partial charge on any atom is -0.461 e. The second kappa shape index (κ2) is 7.10. The summed E-state index contributed by atoms with van der Waals surface area (Å²) in [6, 6.07) is 4.99. The van der Waals surface area contributed by atoms with E-state index in [-0.39, 0.29) is 40.7 Å². The van der Waals surface area contributed by atoms with Crippen LogP contribution >= 0.6 is 11.5 Å². The molecule has 9 nitrogen and oxygen atoms in total. The van der Waals surface area contributed by atoms with E-state index in [0.717, 1.165) is 23.6 Å². The molecule has 27 heavy (non-hydrogen) atoms. The molecule has 10 heteroatoms. The van der Waals surface area contributed by atoms with Gasteiger partial charge in [0.05, 0.1) is 6.61 Å². The molecule has 0 aliphatic carbocycles. The molecule has 0 unspecified atom stereocenters. The van der Waals surface area contributed by atoms with Crippen LogP contribution in [0.4, 0.5) is 9.80 Å². The highest BCUT2D eigenvalue weighted by atomic mass is 32.1. The molecule has 0 aromatic carbocycles. The number of likely N-dealkylation sites (tertiary alicyclic amines) is 1. The summed E-state index contributed by atoms with van der Waals surface area (Å²) in [6.07, 6.45) is 0.962. The molecule has 2 atom stereocenters. The summed E-state index contributed by atoms with van der Waals surface area (Å²) in [4.78, 5) is 38.5. The standard InChI is InChI=1S/C17H19N5O4S/c1-2-26-16(24)14-15(27-20-19-14)18-17(25)21-7-10-6-11(9-21)12-4-3-5-13(23)22(12)8-10/h3-5,10-11H,2,6-9H2,1H3,(H,18,25)/t10-,11+/m0/s1. The number of fused-ring (bicyclic) bond motifs is 4. The van der Waals surface area contributed by atoms with Crippen LogP contribution in [0.15, 0.2) is 23.0 Å². The van der Waals surface area contributed by atoms with Crippen LogP contribution in [-0.4, -0.2) is 50.8 Å². The Morgan fingerprint density at radius 1 is 1.33 bits per heavy atom. The fraction of sp³-hybridized carbons (Fsp3) is 0.471. The van der Waals surface area contributed by atoms with Gasteiger partial charge in [-0.3, -0.25) is 10.1 Å². The largest absolute Gasteiger partial charge is 0.461 e. The van der Waals surface area contributed by atoms with E-state index in [1.54, 1.807) is 24.0 Å². The fourth-order valence-corrected chi connectivity index (χ4v) is 4.39. The lowest BCUT2D eigenvalue weighted by molar-refractivity contribution is 0.0520. The molecule has 1 saturated heterocycles. The number of esters is 1. The number of pyridine rings is 1. The van der Waals surface area contributed by atoms with E-state index in [0.29, 0.717) is 19.6 Å². The SMILES string of the molecule is CCOC(=O)c1nnsc1NC(=O)N1C[C@@H]2C[C@H](C1)c1cccc(=O)n1C2. The van der Waals surface area contributed by atoms with Crippen molar-refractivity contribution in [2.24, 2.45) is 5.92 Å². The van der Waals surface area contributed by atoms with E-state index in [2.05, 4.69) is 14.9 Å². The number of piperidine rings is 1.